The first-order chi connectivity index (χ1) is 20.0. The lowest BCUT2D eigenvalue weighted by Crippen LogP contribution is -2.31. The van der Waals surface area contributed by atoms with Crippen molar-refractivity contribution in [3.63, 3.8) is 0 Å². The van der Waals surface area contributed by atoms with E-state index in [1.54, 1.807) is 60.7 Å². The fraction of sp³-hybridized carbons (Fsp3) is 0.107. The van der Waals surface area contributed by atoms with Crippen molar-refractivity contribution in [1.82, 2.24) is 0 Å². The molecule has 0 amide bonds. The average Bonchev–Trinajstić information content (AvgIpc) is 2.97. The van der Waals surface area contributed by atoms with E-state index in [0.29, 0.717) is 29.6 Å². The van der Waals surface area contributed by atoms with Gasteiger partial charge in [0, 0.05) is 12.1 Å². The van der Waals surface area contributed by atoms with Gasteiger partial charge in [-0.05, 0) is 17.2 Å². The third kappa shape index (κ3) is 7.29. The van der Waals surface area contributed by atoms with Gasteiger partial charge >= 0.3 is 17.8 Å². The van der Waals surface area contributed by atoms with E-state index in [4.69, 9.17) is 20.0 Å². The lowest BCUT2D eigenvalue weighted by atomic mass is 10.1. The summed E-state index contributed by atoms with van der Waals surface area (Å²) < 4.78 is 51.7. The van der Waals surface area contributed by atoms with Gasteiger partial charge in [0.1, 0.15) is 13.2 Å². The molecule has 0 saturated heterocycles. The Labute approximate surface area is 235 Å². The molecule has 0 bridgehead atoms. The largest absolute Gasteiger partial charge is 0.619 e. The number of hydrogen-bond acceptors (Lipinski definition) is 8. The zero-order valence-electron chi connectivity index (χ0n) is 21.5. The SMILES string of the molecule is N/C(=N\OC(=O)c1cc(OCc2ccccc2)c(OCc2ccccc2)c([N+](=O)[O-])c1)c1c[n+]([O-])ccc1C(F)(F)F. The molecule has 0 aliphatic carbocycles. The molecule has 1 heterocycles. The molecule has 3 aromatic carbocycles. The highest BCUT2D eigenvalue weighted by Crippen LogP contribution is 2.40. The minimum atomic E-state index is -4.89. The fourth-order valence-corrected chi connectivity index (χ4v) is 3.68. The van der Waals surface area contributed by atoms with Crippen LogP contribution in [-0.2, 0) is 24.2 Å². The van der Waals surface area contributed by atoms with Crippen molar-refractivity contribution in [2.45, 2.75) is 19.4 Å². The molecule has 4 aromatic rings. The number of halogens is 3. The van der Waals surface area contributed by atoms with Gasteiger partial charge in [-0.2, -0.15) is 17.9 Å². The fourth-order valence-electron chi connectivity index (χ4n) is 3.68. The predicted octanol–water partition coefficient (Wildman–Crippen LogP) is 4.88. The molecule has 0 spiro atoms. The van der Waals surface area contributed by atoms with E-state index in [-0.39, 0.29) is 29.4 Å². The summed E-state index contributed by atoms with van der Waals surface area (Å²) in [5.41, 5.74) is 3.80. The summed E-state index contributed by atoms with van der Waals surface area (Å²) in [6, 6.07) is 20.0. The van der Waals surface area contributed by atoms with Crippen LogP contribution in [0.4, 0.5) is 18.9 Å². The van der Waals surface area contributed by atoms with E-state index in [1.807, 2.05) is 0 Å². The number of carbonyl (C=O) groups is 1. The van der Waals surface area contributed by atoms with Crippen LogP contribution in [0, 0.1) is 15.3 Å². The maximum absolute atomic E-state index is 13.4. The highest BCUT2D eigenvalue weighted by atomic mass is 19.4. The number of oxime groups is 1. The molecule has 14 heteroatoms. The van der Waals surface area contributed by atoms with Gasteiger partial charge in [-0.15, -0.1) is 0 Å². The number of alkyl halides is 3. The second kappa shape index (κ2) is 12.7. The topological polar surface area (TPSA) is 153 Å². The molecule has 0 aliphatic rings. The van der Waals surface area contributed by atoms with Gasteiger partial charge in [0.05, 0.1) is 21.6 Å². The third-order valence-corrected chi connectivity index (χ3v) is 5.67. The van der Waals surface area contributed by atoms with Crippen LogP contribution in [0.1, 0.15) is 32.6 Å². The highest BCUT2D eigenvalue weighted by molar-refractivity contribution is 5.99. The second-order valence-corrected chi connectivity index (χ2v) is 8.61. The Balaban J connectivity index is 1.67. The van der Waals surface area contributed by atoms with Crippen LogP contribution in [0.25, 0.3) is 0 Å². The smallest absolute Gasteiger partial charge is 0.417 e. The van der Waals surface area contributed by atoms with Crippen molar-refractivity contribution in [3.8, 4) is 11.5 Å². The van der Waals surface area contributed by atoms with E-state index in [0.717, 1.165) is 12.1 Å². The van der Waals surface area contributed by atoms with Gasteiger partial charge in [-0.3, -0.25) is 10.1 Å². The van der Waals surface area contributed by atoms with Crippen LogP contribution in [0.5, 0.6) is 11.5 Å². The predicted molar refractivity (Wildman–Crippen MR) is 141 cm³/mol. The minimum Gasteiger partial charge on any atom is -0.619 e. The lowest BCUT2D eigenvalue weighted by molar-refractivity contribution is -0.605. The first kappa shape index (κ1) is 29.3. The van der Waals surface area contributed by atoms with Crippen LogP contribution < -0.4 is 19.9 Å². The van der Waals surface area contributed by atoms with Gasteiger partial charge < -0.3 is 25.3 Å². The molecule has 42 heavy (non-hydrogen) atoms. The van der Waals surface area contributed by atoms with E-state index in [1.165, 1.54) is 0 Å². The molecule has 0 atom stereocenters. The molecule has 1 aromatic heterocycles. The van der Waals surface area contributed by atoms with Crippen molar-refractivity contribution in [2.75, 3.05) is 0 Å². The quantitative estimate of drug-likeness (QED) is 0.0528. The van der Waals surface area contributed by atoms with Crippen LogP contribution in [0.15, 0.2) is 96.4 Å². The van der Waals surface area contributed by atoms with E-state index < -0.39 is 45.3 Å². The first-order valence-electron chi connectivity index (χ1n) is 12.0. The number of nitrogens with zero attached hydrogens (tertiary/aromatic N) is 3. The molecular formula is C28H21F3N4O7. The Morgan fingerprint density at radius 2 is 1.55 bits per heavy atom. The Kier molecular flexibility index (Phi) is 8.85. The van der Waals surface area contributed by atoms with Crippen molar-refractivity contribution < 1.29 is 41.9 Å². The molecule has 0 fully saturated rings. The summed E-state index contributed by atoms with van der Waals surface area (Å²) in [6.07, 6.45) is -3.77. The molecule has 216 valence electrons. The standard InChI is InChI=1S/C28H21F3N4O7/c29-28(30,31)22-11-12-34(37)15-21(22)26(32)33-42-27(36)20-13-23(35(38)39)25(41-17-19-9-5-2-6-10-19)24(14-20)40-16-18-7-3-1-4-8-18/h1-15H,16-17H2,(H2,32,33). The number of nitro benzene ring substituents is 1. The molecule has 0 unspecified atom stereocenters. The number of rotatable bonds is 10. The molecule has 0 saturated carbocycles. The van der Waals surface area contributed by atoms with Crippen LogP contribution in [-0.4, -0.2) is 16.7 Å². The normalized spacial score (nSPS) is 11.5. The second-order valence-electron chi connectivity index (χ2n) is 8.61. The maximum Gasteiger partial charge on any atom is 0.417 e. The average molecular weight is 582 g/mol. The lowest BCUT2D eigenvalue weighted by Gasteiger charge is -2.14. The number of pyridine rings is 1. The van der Waals surface area contributed by atoms with Gasteiger partial charge in [0.15, 0.2) is 24.0 Å². The van der Waals surface area contributed by atoms with Crippen LogP contribution in [0.2, 0.25) is 0 Å². The van der Waals surface area contributed by atoms with Gasteiger partial charge in [0.25, 0.3) is 0 Å². The van der Waals surface area contributed by atoms with Gasteiger partial charge in [0.2, 0.25) is 5.75 Å². The zero-order valence-corrected chi connectivity index (χ0v) is 21.5. The van der Waals surface area contributed by atoms with Crippen LogP contribution in [0.3, 0.4) is 0 Å². The van der Waals surface area contributed by atoms with Crippen molar-refractivity contribution >= 4 is 17.5 Å². The number of nitrogens with two attached hydrogens (primary N) is 1. The van der Waals surface area contributed by atoms with Gasteiger partial charge in [-0.1, -0.05) is 65.8 Å². The summed E-state index contributed by atoms with van der Waals surface area (Å²) in [6.45, 7) is -0.112. The maximum atomic E-state index is 13.4. The Morgan fingerprint density at radius 1 is 0.952 bits per heavy atom. The Hall–Kier alpha value is -5.66. The summed E-state index contributed by atoms with van der Waals surface area (Å²) >= 11 is 0. The molecular weight excluding hydrogens is 561 g/mol. The van der Waals surface area contributed by atoms with E-state index in [2.05, 4.69) is 5.16 Å². The van der Waals surface area contributed by atoms with E-state index >= 15 is 0 Å². The summed E-state index contributed by atoms with van der Waals surface area (Å²) in [5, 5.41) is 26.8. The van der Waals surface area contributed by atoms with Crippen molar-refractivity contribution in [3.05, 3.63) is 134 Å². The summed E-state index contributed by atoms with van der Waals surface area (Å²) in [5.74, 6) is -2.68. The number of amidine groups is 1. The first-order valence-corrected chi connectivity index (χ1v) is 12.0. The number of benzene rings is 3. The van der Waals surface area contributed by atoms with Gasteiger partial charge in [-0.25, -0.2) is 4.79 Å². The Bertz CT molecular complexity index is 1620. The number of carbonyl (C=O) groups excluding carboxylic acids is 1. The molecule has 4 rings (SSSR count). The number of ether oxygens (including phenoxy) is 2. The molecule has 0 aliphatic heterocycles. The number of hydrogen-bond donors (Lipinski definition) is 1. The minimum absolute atomic E-state index is 0.0489. The Morgan fingerprint density at radius 3 is 2.12 bits per heavy atom. The number of nitro groups is 1. The highest BCUT2D eigenvalue weighted by Gasteiger charge is 2.36. The summed E-state index contributed by atoms with van der Waals surface area (Å²) in [4.78, 5) is 28.7. The molecule has 0 radical (unpaired) electrons. The monoisotopic (exact) mass is 582 g/mol. The van der Waals surface area contributed by atoms with E-state index in [9.17, 15) is 33.3 Å². The third-order valence-electron chi connectivity index (χ3n) is 5.67. The molecule has 2 N–H and O–H groups in total. The van der Waals surface area contributed by atoms with Crippen molar-refractivity contribution in [1.29, 1.82) is 0 Å². The number of aromatic nitrogens is 1. The zero-order chi connectivity index (χ0) is 30.3. The summed E-state index contributed by atoms with van der Waals surface area (Å²) in [7, 11) is 0. The van der Waals surface area contributed by atoms with Crippen LogP contribution >= 0.6 is 0 Å². The van der Waals surface area contributed by atoms with Crippen molar-refractivity contribution in [2.24, 2.45) is 10.9 Å². The molecule has 11 nitrogen and oxygen atoms in total.